The van der Waals surface area contributed by atoms with Crippen molar-refractivity contribution in [3.05, 3.63) is 0 Å². The fourth-order valence-corrected chi connectivity index (χ4v) is 4.94. The Morgan fingerprint density at radius 1 is 1.15 bits per heavy atom. The number of likely N-dealkylation sites (tertiary alicyclic amines) is 1. The monoisotopic (exact) mass is 319 g/mol. The molecule has 0 spiro atoms. The zero-order chi connectivity index (χ0) is 14.8. The molecule has 0 saturated carbocycles. The number of nitrogens with zero attached hydrogens (tertiary/aromatic N) is 2. The lowest BCUT2D eigenvalue weighted by Crippen LogP contribution is -2.51. The highest BCUT2D eigenvalue weighted by Gasteiger charge is 2.35. The standard InChI is InChI=1S/C13H25N3O2S2/c1-11(13(14)19)20(17,18)16-9-5-12(6-10-16)15-7-3-2-4-8-15/h11-12H,2-10H2,1H3,(H2,14,19). The molecule has 7 heteroatoms. The third-order valence-corrected chi connectivity index (χ3v) is 7.27. The van der Waals surface area contributed by atoms with Crippen molar-refractivity contribution < 1.29 is 8.42 Å². The Balaban J connectivity index is 1.92. The predicted octanol–water partition coefficient (Wildman–Crippen LogP) is 0.941. The summed E-state index contributed by atoms with van der Waals surface area (Å²) in [5, 5.41) is -0.760. The van der Waals surface area contributed by atoms with Gasteiger partial charge in [0.05, 0.1) is 4.99 Å². The zero-order valence-corrected chi connectivity index (χ0v) is 13.8. The molecule has 0 aromatic rings. The maximum atomic E-state index is 12.4. The average molecular weight is 319 g/mol. The second-order valence-corrected chi connectivity index (χ2v) is 8.54. The number of thiocarbonyl (C=S) groups is 1. The Morgan fingerprint density at radius 3 is 2.20 bits per heavy atom. The molecule has 0 radical (unpaired) electrons. The molecule has 116 valence electrons. The minimum Gasteiger partial charge on any atom is -0.392 e. The van der Waals surface area contributed by atoms with Gasteiger partial charge in [0.15, 0.2) is 0 Å². The molecule has 0 aromatic carbocycles. The van der Waals surface area contributed by atoms with Gasteiger partial charge in [0.25, 0.3) is 0 Å². The minimum absolute atomic E-state index is 0.0585. The normalized spacial score (nSPS) is 25.4. The van der Waals surface area contributed by atoms with Crippen molar-refractivity contribution in [2.45, 2.75) is 50.3 Å². The van der Waals surface area contributed by atoms with E-state index in [-0.39, 0.29) is 4.99 Å². The van der Waals surface area contributed by atoms with Gasteiger partial charge in [-0.1, -0.05) is 18.6 Å². The van der Waals surface area contributed by atoms with Gasteiger partial charge in [-0.05, 0) is 45.7 Å². The quantitative estimate of drug-likeness (QED) is 0.781. The van der Waals surface area contributed by atoms with Gasteiger partial charge in [-0.25, -0.2) is 12.7 Å². The summed E-state index contributed by atoms with van der Waals surface area (Å²) in [5.41, 5.74) is 5.49. The predicted molar refractivity (Wildman–Crippen MR) is 85.2 cm³/mol. The Morgan fingerprint density at radius 2 is 1.70 bits per heavy atom. The molecule has 1 atom stereocenters. The lowest BCUT2D eigenvalue weighted by atomic mass is 10.0. The first-order valence-corrected chi connectivity index (χ1v) is 9.36. The molecule has 2 rings (SSSR count). The summed E-state index contributed by atoms with van der Waals surface area (Å²) in [6.07, 6.45) is 5.72. The molecule has 2 aliphatic rings. The van der Waals surface area contributed by atoms with Gasteiger partial charge in [0.2, 0.25) is 10.0 Å². The summed E-state index contributed by atoms with van der Waals surface area (Å²) in [6, 6.07) is 0.543. The van der Waals surface area contributed by atoms with Crippen LogP contribution in [0.3, 0.4) is 0 Å². The van der Waals surface area contributed by atoms with E-state index >= 15 is 0 Å². The van der Waals surface area contributed by atoms with E-state index in [4.69, 9.17) is 18.0 Å². The Labute approximate surface area is 127 Å². The molecule has 0 bridgehead atoms. The third kappa shape index (κ3) is 3.50. The minimum atomic E-state index is -3.37. The van der Waals surface area contributed by atoms with E-state index in [1.807, 2.05) is 0 Å². The molecule has 0 aromatic heterocycles. The van der Waals surface area contributed by atoms with Gasteiger partial charge in [-0.15, -0.1) is 0 Å². The molecular formula is C13H25N3O2S2. The van der Waals surface area contributed by atoms with Crippen molar-refractivity contribution in [3.8, 4) is 0 Å². The van der Waals surface area contributed by atoms with E-state index in [0.717, 1.165) is 12.8 Å². The second-order valence-electron chi connectivity index (χ2n) is 5.82. The highest BCUT2D eigenvalue weighted by atomic mass is 32.2. The molecule has 1 unspecified atom stereocenters. The molecule has 5 nitrogen and oxygen atoms in total. The van der Waals surface area contributed by atoms with Crippen molar-refractivity contribution in [2.24, 2.45) is 5.73 Å². The Bertz CT molecular complexity index is 439. The van der Waals surface area contributed by atoms with Crippen molar-refractivity contribution in [1.29, 1.82) is 0 Å². The lowest BCUT2D eigenvalue weighted by Gasteiger charge is -2.40. The van der Waals surface area contributed by atoms with Crippen LogP contribution in [0, 0.1) is 0 Å². The van der Waals surface area contributed by atoms with Crippen LogP contribution in [-0.4, -0.2) is 60.1 Å². The van der Waals surface area contributed by atoms with Gasteiger partial charge in [-0.2, -0.15) is 0 Å². The third-order valence-electron chi connectivity index (χ3n) is 4.54. The Kier molecular flexibility index (Phi) is 5.39. The molecule has 2 fully saturated rings. The molecular weight excluding hydrogens is 294 g/mol. The first kappa shape index (κ1) is 16.1. The summed E-state index contributed by atoms with van der Waals surface area (Å²) < 4.78 is 26.3. The number of piperidine rings is 2. The number of hydrogen-bond acceptors (Lipinski definition) is 4. The number of rotatable bonds is 4. The maximum Gasteiger partial charge on any atom is 0.223 e. The molecule has 0 aliphatic carbocycles. The lowest BCUT2D eigenvalue weighted by molar-refractivity contribution is 0.117. The molecule has 0 amide bonds. The van der Waals surface area contributed by atoms with E-state index in [9.17, 15) is 8.42 Å². The molecule has 2 N–H and O–H groups in total. The fraction of sp³-hybridized carbons (Fsp3) is 0.923. The van der Waals surface area contributed by atoms with Crippen molar-refractivity contribution in [2.75, 3.05) is 26.2 Å². The van der Waals surface area contributed by atoms with E-state index in [1.54, 1.807) is 11.2 Å². The van der Waals surface area contributed by atoms with Crippen LogP contribution < -0.4 is 5.73 Å². The summed E-state index contributed by atoms with van der Waals surface area (Å²) in [7, 11) is -3.37. The van der Waals surface area contributed by atoms with Crippen molar-refractivity contribution >= 4 is 27.2 Å². The summed E-state index contributed by atoms with van der Waals surface area (Å²) in [6.45, 7) is 5.10. The summed E-state index contributed by atoms with van der Waals surface area (Å²) in [4.78, 5) is 2.59. The Hall–Kier alpha value is -0.240. The molecule has 2 heterocycles. The van der Waals surface area contributed by atoms with Crippen LogP contribution in [0.15, 0.2) is 0 Å². The first-order chi connectivity index (χ1) is 9.43. The first-order valence-electron chi connectivity index (χ1n) is 7.45. The summed E-state index contributed by atoms with van der Waals surface area (Å²) in [5.74, 6) is 0. The van der Waals surface area contributed by atoms with Crippen LogP contribution in [0.5, 0.6) is 0 Å². The number of nitrogens with two attached hydrogens (primary N) is 1. The van der Waals surface area contributed by atoms with E-state index in [1.165, 1.54) is 32.4 Å². The second kappa shape index (κ2) is 6.68. The smallest absolute Gasteiger partial charge is 0.223 e. The highest BCUT2D eigenvalue weighted by molar-refractivity contribution is 7.92. The van der Waals surface area contributed by atoms with E-state index in [2.05, 4.69) is 4.90 Å². The van der Waals surface area contributed by atoms with Crippen LogP contribution in [0.1, 0.15) is 39.0 Å². The number of hydrogen-bond donors (Lipinski definition) is 1. The van der Waals surface area contributed by atoms with Crippen molar-refractivity contribution in [3.63, 3.8) is 0 Å². The van der Waals surface area contributed by atoms with Crippen molar-refractivity contribution in [1.82, 2.24) is 9.21 Å². The fourth-order valence-electron chi connectivity index (χ4n) is 3.12. The van der Waals surface area contributed by atoms with Crippen LogP contribution in [0.4, 0.5) is 0 Å². The van der Waals surface area contributed by atoms with Crippen LogP contribution in [0.2, 0.25) is 0 Å². The van der Waals surface area contributed by atoms with E-state index in [0.29, 0.717) is 19.1 Å². The topological polar surface area (TPSA) is 66.6 Å². The van der Waals surface area contributed by atoms with Gasteiger partial charge < -0.3 is 10.6 Å². The van der Waals surface area contributed by atoms with Gasteiger partial charge in [-0.3, -0.25) is 0 Å². The molecule has 2 saturated heterocycles. The van der Waals surface area contributed by atoms with Crippen LogP contribution >= 0.6 is 12.2 Å². The van der Waals surface area contributed by atoms with E-state index < -0.39 is 15.3 Å². The van der Waals surface area contributed by atoms with Gasteiger partial charge in [0.1, 0.15) is 5.25 Å². The SMILES string of the molecule is CC(C(N)=S)S(=O)(=O)N1CCC(N2CCCCC2)CC1. The maximum absolute atomic E-state index is 12.4. The number of sulfonamides is 1. The van der Waals surface area contributed by atoms with Gasteiger partial charge in [0, 0.05) is 19.1 Å². The zero-order valence-electron chi connectivity index (χ0n) is 12.1. The average Bonchev–Trinajstić information content (AvgIpc) is 2.47. The van der Waals surface area contributed by atoms with Crippen LogP contribution in [0.25, 0.3) is 0 Å². The summed E-state index contributed by atoms with van der Waals surface area (Å²) >= 11 is 4.82. The molecule has 20 heavy (non-hydrogen) atoms. The van der Waals surface area contributed by atoms with Gasteiger partial charge >= 0.3 is 0 Å². The van der Waals surface area contributed by atoms with Crippen LogP contribution in [-0.2, 0) is 10.0 Å². The molecule has 2 aliphatic heterocycles. The highest BCUT2D eigenvalue weighted by Crippen LogP contribution is 2.23. The largest absolute Gasteiger partial charge is 0.392 e.